The van der Waals surface area contributed by atoms with Gasteiger partial charge in [-0.1, -0.05) is 59.9 Å². The van der Waals surface area contributed by atoms with Gasteiger partial charge in [0.25, 0.3) is 0 Å². The number of para-hydroxylation sites is 1. The van der Waals surface area contributed by atoms with Gasteiger partial charge >= 0.3 is 0 Å². The molecule has 1 nitrogen and oxygen atoms in total. The average molecular weight is 284 g/mol. The molecule has 0 unspecified atom stereocenters. The van der Waals surface area contributed by atoms with Crippen LogP contribution in [0.5, 0.6) is 11.5 Å². The minimum atomic E-state index is 0.773. The molecule has 1 heteroatoms. The zero-order valence-electron chi connectivity index (χ0n) is 12.4. The monoisotopic (exact) mass is 284 g/mol. The Morgan fingerprint density at radius 2 is 1.36 bits per heavy atom. The van der Waals surface area contributed by atoms with Crippen LogP contribution in [0.4, 0.5) is 0 Å². The van der Waals surface area contributed by atoms with Gasteiger partial charge in [-0.2, -0.15) is 0 Å². The van der Waals surface area contributed by atoms with E-state index in [0.717, 1.165) is 22.6 Å². The van der Waals surface area contributed by atoms with Crippen LogP contribution in [0.25, 0.3) is 0 Å². The molecule has 0 N–H and O–H groups in total. The van der Waals surface area contributed by atoms with Crippen molar-refractivity contribution in [3.05, 3.63) is 95.6 Å². The first-order valence-electron chi connectivity index (χ1n) is 7.22. The lowest BCUT2D eigenvalue weighted by atomic mass is 10.1. The van der Waals surface area contributed by atoms with Crippen molar-refractivity contribution in [3.63, 3.8) is 0 Å². The highest BCUT2D eigenvalue weighted by atomic mass is 16.5. The van der Waals surface area contributed by atoms with Gasteiger partial charge in [0.05, 0.1) is 5.56 Å². The van der Waals surface area contributed by atoms with Gasteiger partial charge in [-0.05, 0) is 43.3 Å². The molecule has 106 valence electrons. The van der Waals surface area contributed by atoms with Crippen molar-refractivity contribution < 1.29 is 4.74 Å². The Balaban J connectivity index is 1.87. The minimum absolute atomic E-state index is 0.773. The van der Waals surface area contributed by atoms with Crippen LogP contribution in [-0.4, -0.2) is 0 Å². The normalized spacial score (nSPS) is 9.68. The summed E-state index contributed by atoms with van der Waals surface area (Å²) < 4.78 is 5.95. The van der Waals surface area contributed by atoms with Crippen molar-refractivity contribution >= 4 is 0 Å². The van der Waals surface area contributed by atoms with Gasteiger partial charge in [0.2, 0.25) is 0 Å². The van der Waals surface area contributed by atoms with Crippen molar-refractivity contribution in [2.24, 2.45) is 0 Å². The highest BCUT2D eigenvalue weighted by Gasteiger charge is 2.02. The SMILES string of the molecule is Cc1ccc(Oc2ccccc2C#Cc2ccccc2)cc1. The number of rotatable bonds is 2. The van der Waals surface area contributed by atoms with Crippen LogP contribution >= 0.6 is 0 Å². The number of benzene rings is 3. The van der Waals surface area contributed by atoms with E-state index in [1.54, 1.807) is 0 Å². The van der Waals surface area contributed by atoms with Gasteiger partial charge < -0.3 is 4.74 Å². The first-order valence-corrected chi connectivity index (χ1v) is 7.22. The first kappa shape index (κ1) is 14.0. The smallest absolute Gasteiger partial charge is 0.143 e. The molecule has 22 heavy (non-hydrogen) atoms. The predicted molar refractivity (Wildman–Crippen MR) is 90.1 cm³/mol. The van der Waals surface area contributed by atoms with Crippen LogP contribution in [-0.2, 0) is 0 Å². The molecule has 0 spiro atoms. The molecule has 0 bridgehead atoms. The average Bonchev–Trinajstić information content (AvgIpc) is 2.57. The summed E-state index contributed by atoms with van der Waals surface area (Å²) in [6, 6.07) is 25.8. The van der Waals surface area contributed by atoms with Gasteiger partial charge in [-0.15, -0.1) is 0 Å². The van der Waals surface area contributed by atoms with Crippen molar-refractivity contribution in [3.8, 4) is 23.3 Å². The van der Waals surface area contributed by atoms with Crippen LogP contribution in [0.1, 0.15) is 16.7 Å². The summed E-state index contributed by atoms with van der Waals surface area (Å²) in [6.45, 7) is 2.06. The van der Waals surface area contributed by atoms with Crippen LogP contribution < -0.4 is 4.74 Å². The summed E-state index contributed by atoms with van der Waals surface area (Å²) in [7, 11) is 0. The number of ether oxygens (including phenoxy) is 1. The largest absolute Gasteiger partial charge is 0.456 e. The number of aryl methyl sites for hydroxylation is 1. The standard InChI is InChI=1S/C21H16O/c1-17-11-15-20(16-12-17)22-21-10-6-5-9-19(21)14-13-18-7-3-2-4-8-18/h2-12,15-16H,1H3. The maximum atomic E-state index is 5.95. The molecule has 0 aliphatic heterocycles. The van der Waals surface area contributed by atoms with Crippen LogP contribution in [0, 0.1) is 18.8 Å². The molecule has 0 heterocycles. The van der Waals surface area contributed by atoms with E-state index in [-0.39, 0.29) is 0 Å². The zero-order valence-corrected chi connectivity index (χ0v) is 12.4. The van der Waals surface area contributed by atoms with Crippen molar-refractivity contribution in [1.82, 2.24) is 0 Å². The second-order valence-electron chi connectivity index (χ2n) is 5.03. The van der Waals surface area contributed by atoms with Crippen molar-refractivity contribution in [2.45, 2.75) is 6.92 Å². The van der Waals surface area contributed by atoms with Crippen LogP contribution in [0.2, 0.25) is 0 Å². The van der Waals surface area contributed by atoms with Gasteiger partial charge in [0.1, 0.15) is 11.5 Å². The second-order valence-corrected chi connectivity index (χ2v) is 5.03. The highest BCUT2D eigenvalue weighted by Crippen LogP contribution is 2.24. The molecule has 0 fully saturated rings. The van der Waals surface area contributed by atoms with Gasteiger partial charge in [0.15, 0.2) is 0 Å². The van der Waals surface area contributed by atoms with E-state index in [1.807, 2.05) is 78.9 Å². The quantitative estimate of drug-likeness (QED) is 0.589. The Morgan fingerprint density at radius 3 is 2.14 bits per heavy atom. The molecule has 0 aliphatic carbocycles. The fraction of sp³-hybridized carbons (Fsp3) is 0.0476. The Bertz CT molecular complexity index is 806. The molecular formula is C21H16O. The lowest BCUT2D eigenvalue weighted by Crippen LogP contribution is -1.88. The Kier molecular flexibility index (Phi) is 4.22. The Labute approximate surface area is 131 Å². The van der Waals surface area contributed by atoms with E-state index in [2.05, 4.69) is 18.8 Å². The van der Waals surface area contributed by atoms with E-state index in [9.17, 15) is 0 Å². The number of hydrogen-bond acceptors (Lipinski definition) is 1. The molecule has 0 radical (unpaired) electrons. The molecule has 3 aromatic rings. The Hall–Kier alpha value is -2.98. The summed E-state index contributed by atoms with van der Waals surface area (Å²) in [5.74, 6) is 7.94. The molecule has 0 amide bonds. The van der Waals surface area contributed by atoms with Gasteiger partial charge in [-0.3, -0.25) is 0 Å². The third-order valence-corrected chi connectivity index (χ3v) is 3.25. The van der Waals surface area contributed by atoms with Gasteiger partial charge in [0, 0.05) is 5.56 Å². The van der Waals surface area contributed by atoms with E-state index in [0.29, 0.717) is 0 Å². The summed E-state index contributed by atoms with van der Waals surface area (Å²) in [6.07, 6.45) is 0. The van der Waals surface area contributed by atoms with E-state index in [1.165, 1.54) is 5.56 Å². The number of hydrogen-bond donors (Lipinski definition) is 0. The van der Waals surface area contributed by atoms with Gasteiger partial charge in [-0.25, -0.2) is 0 Å². The molecular weight excluding hydrogens is 268 g/mol. The Morgan fingerprint density at radius 1 is 0.682 bits per heavy atom. The fourth-order valence-corrected chi connectivity index (χ4v) is 2.05. The van der Waals surface area contributed by atoms with E-state index in [4.69, 9.17) is 4.74 Å². The van der Waals surface area contributed by atoms with Crippen molar-refractivity contribution in [1.29, 1.82) is 0 Å². The predicted octanol–water partition coefficient (Wildman–Crippen LogP) is 5.19. The molecule has 3 aromatic carbocycles. The van der Waals surface area contributed by atoms with E-state index >= 15 is 0 Å². The first-order chi connectivity index (χ1) is 10.8. The van der Waals surface area contributed by atoms with Crippen molar-refractivity contribution in [2.75, 3.05) is 0 Å². The second kappa shape index (κ2) is 6.65. The van der Waals surface area contributed by atoms with E-state index < -0.39 is 0 Å². The van der Waals surface area contributed by atoms with Crippen LogP contribution in [0.15, 0.2) is 78.9 Å². The molecule has 0 atom stereocenters. The third kappa shape index (κ3) is 3.56. The molecule has 3 rings (SSSR count). The molecule has 0 aliphatic rings. The molecule has 0 saturated heterocycles. The summed E-state index contributed by atoms with van der Waals surface area (Å²) in [5, 5.41) is 0. The summed E-state index contributed by atoms with van der Waals surface area (Å²) >= 11 is 0. The maximum absolute atomic E-state index is 5.95. The third-order valence-electron chi connectivity index (χ3n) is 3.25. The maximum Gasteiger partial charge on any atom is 0.143 e. The lowest BCUT2D eigenvalue weighted by Gasteiger charge is -2.07. The summed E-state index contributed by atoms with van der Waals surface area (Å²) in [5.41, 5.74) is 3.09. The topological polar surface area (TPSA) is 9.23 Å². The molecule has 0 saturated carbocycles. The fourth-order valence-electron chi connectivity index (χ4n) is 2.05. The minimum Gasteiger partial charge on any atom is -0.456 e. The summed E-state index contributed by atoms with van der Waals surface area (Å²) in [4.78, 5) is 0. The van der Waals surface area contributed by atoms with Crippen LogP contribution in [0.3, 0.4) is 0 Å². The lowest BCUT2D eigenvalue weighted by molar-refractivity contribution is 0.481. The molecule has 0 aromatic heterocycles. The highest BCUT2D eigenvalue weighted by molar-refractivity contribution is 5.50. The zero-order chi connectivity index (χ0) is 15.2.